The molecule has 2 atom stereocenters. The zero-order valence-corrected chi connectivity index (χ0v) is 15.2. The fraction of sp³-hybridized carbons (Fsp3) is 0.333. The number of benzene rings is 2. The molecule has 0 aliphatic carbocycles. The molecule has 2 bridgehead atoms. The monoisotopic (exact) mass is 366 g/mol. The molecular weight excluding hydrogens is 344 g/mol. The van der Waals surface area contributed by atoms with E-state index in [1.807, 2.05) is 42.5 Å². The first-order valence-electron chi connectivity index (χ1n) is 9.11. The summed E-state index contributed by atoms with van der Waals surface area (Å²) in [5.41, 5.74) is 1.31. The van der Waals surface area contributed by atoms with Crippen molar-refractivity contribution in [2.45, 2.75) is 18.6 Å². The first kappa shape index (κ1) is 17.5. The first-order chi connectivity index (χ1) is 13.2. The fourth-order valence-corrected chi connectivity index (χ4v) is 3.76. The van der Waals surface area contributed by atoms with Gasteiger partial charge in [0, 0.05) is 25.6 Å². The maximum absolute atomic E-state index is 13.4. The Morgan fingerprint density at radius 1 is 1.15 bits per heavy atom. The molecule has 2 aliphatic rings. The van der Waals surface area contributed by atoms with Crippen LogP contribution in [0.2, 0.25) is 0 Å². The number of hydrogen-bond acceptors (Lipinski definition) is 4. The minimum Gasteiger partial charge on any atom is -0.486 e. The van der Waals surface area contributed by atoms with Crippen LogP contribution in [0.4, 0.5) is 5.69 Å². The maximum Gasteiger partial charge on any atom is 0.254 e. The first-order valence-corrected chi connectivity index (χ1v) is 9.11. The topological polar surface area (TPSA) is 59.1 Å². The van der Waals surface area contributed by atoms with E-state index in [4.69, 9.17) is 9.47 Å². The number of likely N-dealkylation sites (tertiary alicyclic amines) is 1. The Morgan fingerprint density at radius 2 is 1.89 bits per heavy atom. The lowest BCUT2D eigenvalue weighted by Crippen LogP contribution is -2.49. The van der Waals surface area contributed by atoms with Crippen molar-refractivity contribution >= 4 is 17.5 Å². The molecule has 6 nitrogen and oxygen atoms in total. The zero-order chi connectivity index (χ0) is 18.8. The number of rotatable bonds is 4. The Balaban J connectivity index is 1.69. The lowest BCUT2D eigenvalue weighted by Gasteiger charge is -2.31. The molecule has 27 heavy (non-hydrogen) atoms. The standard InChI is InChI=1S/C21H22N2O4/c1-26-12-11-22-17-9-5-6-10-19(17)27-16-13-18(21(22)25)23(14-16)20(24)15-7-3-2-4-8-15/h2-10,16,18H,11-14H2,1H3. The third-order valence-corrected chi connectivity index (χ3v) is 5.06. The molecule has 0 spiro atoms. The van der Waals surface area contributed by atoms with Gasteiger partial charge in [-0.05, 0) is 24.3 Å². The smallest absolute Gasteiger partial charge is 0.254 e. The average Bonchev–Trinajstić information content (AvgIpc) is 3.13. The molecule has 0 saturated carbocycles. The van der Waals surface area contributed by atoms with Gasteiger partial charge in [0.15, 0.2) is 0 Å². The van der Waals surface area contributed by atoms with Gasteiger partial charge >= 0.3 is 0 Å². The molecule has 6 heteroatoms. The summed E-state index contributed by atoms with van der Waals surface area (Å²) in [5, 5.41) is 0. The summed E-state index contributed by atoms with van der Waals surface area (Å²) in [6, 6.07) is 16.0. The van der Waals surface area contributed by atoms with Crippen LogP contribution >= 0.6 is 0 Å². The maximum atomic E-state index is 13.4. The normalized spacial score (nSPS) is 21.3. The molecule has 2 aliphatic heterocycles. The summed E-state index contributed by atoms with van der Waals surface area (Å²) in [6.45, 7) is 1.21. The lowest BCUT2D eigenvalue weighted by molar-refractivity contribution is -0.122. The van der Waals surface area contributed by atoms with E-state index in [9.17, 15) is 9.59 Å². The molecule has 2 heterocycles. The van der Waals surface area contributed by atoms with Gasteiger partial charge in [0.2, 0.25) is 5.91 Å². The van der Waals surface area contributed by atoms with E-state index < -0.39 is 6.04 Å². The summed E-state index contributed by atoms with van der Waals surface area (Å²) in [5.74, 6) is 0.437. The number of methoxy groups -OCH3 is 1. The Labute approximate surface area is 158 Å². The minimum absolute atomic E-state index is 0.0884. The molecule has 2 aromatic rings. The van der Waals surface area contributed by atoms with Crippen molar-refractivity contribution in [2.24, 2.45) is 0 Å². The van der Waals surface area contributed by atoms with E-state index in [-0.39, 0.29) is 17.9 Å². The minimum atomic E-state index is -0.534. The van der Waals surface area contributed by atoms with E-state index in [2.05, 4.69) is 0 Å². The Morgan fingerprint density at radius 3 is 2.67 bits per heavy atom. The number of anilines is 1. The number of carbonyl (C=O) groups excluding carboxylic acids is 2. The Bertz CT molecular complexity index is 839. The third-order valence-electron chi connectivity index (χ3n) is 5.06. The van der Waals surface area contributed by atoms with Gasteiger partial charge in [-0.3, -0.25) is 9.59 Å². The Kier molecular flexibility index (Phi) is 4.81. The zero-order valence-electron chi connectivity index (χ0n) is 15.2. The highest BCUT2D eigenvalue weighted by molar-refractivity contribution is 6.03. The van der Waals surface area contributed by atoms with Gasteiger partial charge in [-0.15, -0.1) is 0 Å². The molecule has 0 radical (unpaired) electrons. The molecule has 0 N–H and O–H groups in total. The van der Waals surface area contributed by atoms with Gasteiger partial charge < -0.3 is 19.3 Å². The molecule has 0 aromatic heterocycles. The SMILES string of the molecule is COCCN1C(=O)C2CC(CN2C(=O)c2ccccc2)Oc2ccccc21. The van der Waals surface area contributed by atoms with E-state index in [0.717, 1.165) is 5.69 Å². The predicted molar refractivity (Wildman–Crippen MR) is 101 cm³/mol. The second-order valence-electron chi connectivity index (χ2n) is 6.77. The summed E-state index contributed by atoms with van der Waals surface area (Å²) in [7, 11) is 1.60. The quantitative estimate of drug-likeness (QED) is 0.833. The fourth-order valence-electron chi connectivity index (χ4n) is 3.76. The molecule has 2 aromatic carbocycles. The summed E-state index contributed by atoms with van der Waals surface area (Å²) < 4.78 is 11.4. The van der Waals surface area contributed by atoms with Crippen molar-refractivity contribution in [1.29, 1.82) is 0 Å². The van der Waals surface area contributed by atoms with E-state index >= 15 is 0 Å². The van der Waals surface area contributed by atoms with Crippen molar-refractivity contribution in [1.82, 2.24) is 4.90 Å². The van der Waals surface area contributed by atoms with Crippen LogP contribution in [0.1, 0.15) is 16.8 Å². The average molecular weight is 366 g/mol. The lowest BCUT2D eigenvalue weighted by atomic mass is 10.1. The van der Waals surface area contributed by atoms with E-state index in [1.165, 1.54) is 0 Å². The van der Waals surface area contributed by atoms with Gasteiger partial charge in [-0.25, -0.2) is 0 Å². The van der Waals surface area contributed by atoms with Crippen LogP contribution in [-0.2, 0) is 9.53 Å². The predicted octanol–water partition coefficient (Wildman–Crippen LogP) is 2.34. The van der Waals surface area contributed by atoms with E-state index in [1.54, 1.807) is 29.0 Å². The van der Waals surface area contributed by atoms with E-state index in [0.29, 0.717) is 37.4 Å². The van der Waals surface area contributed by atoms with Crippen molar-refractivity contribution < 1.29 is 19.1 Å². The largest absolute Gasteiger partial charge is 0.486 e. The number of fused-ring (bicyclic) bond motifs is 3. The van der Waals surface area contributed by atoms with Gasteiger partial charge in [0.05, 0.1) is 18.8 Å². The molecule has 4 rings (SSSR count). The van der Waals surface area contributed by atoms with Crippen molar-refractivity contribution in [3.05, 3.63) is 60.2 Å². The molecule has 1 fully saturated rings. The number of carbonyl (C=O) groups is 2. The van der Waals surface area contributed by atoms with Crippen LogP contribution in [-0.4, -0.2) is 55.7 Å². The van der Waals surface area contributed by atoms with Crippen LogP contribution in [0, 0.1) is 0 Å². The van der Waals surface area contributed by atoms with Crippen LogP contribution in [0.25, 0.3) is 0 Å². The van der Waals surface area contributed by atoms with Crippen LogP contribution in [0.15, 0.2) is 54.6 Å². The molecule has 2 amide bonds. The summed E-state index contributed by atoms with van der Waals surface area (Å²) in [6.07, 6.45) is 0.298. The number of nitrogens with zero attached hydrogens (tertiary/aromatic N) is 2. The van der Waals surface area contributed by atoms with Gasteiger partial charge in [-0.1, -0.05) is 30.3 Å². The second-order valence-corrected chi connectivity index (χ2v) is 6.77. The number of ether oxygens (including phenoxy) is 2. The molecule has 2 unspecified atom stereocenters. The van der Waals surface area contributed by atoms with Crippen molar-refractivity contribution in [2.75, 3.05) is 31.7 Å². The van der Waals surface area contributed by atoms with Gasteiger partial charge in [-0.2, -0.15) is 0 Å². The number of amides is 2. The van der Waals surface area contributed by atoms with Crippen LogP contribution in [0.5, 0.6) is 5.75 Å². The van der Waals surface area contributed by atoms with Crippen molar-refractivity contribution in [3.63, 3.8) is 0 Å². The molecule has 1 saturated heterocycles. The van der Waals surface area contributed by atoms with Gasteiger partial charge in [0.1, 0.15) is 17.9 Å². The number of para-hydroxylation sites is 2. The second kappa shape index (κ2) is 7.40. The van der Waals surface area contributed by atoms with Crippen LogP contribution < -0.4 is 9.64 Å². The highest BCUT2D eigenvalue weighted by atomic mass is 16.5. The van der Waals surface area contributed by atoms with Crippen molar-refractivity contribution in [3.8, 4) is 5.75 Å². The summed E-state index contributed by atoms with van der Waals surface area (Å²) in [4.78, 5) is 29.7. The third kappa shape index (κ3) is 3.28. The highest BCUT2D eigenvalue weighted by Crippen LogP contribution is 2.36. The molecule has 140 valence electrons. The summed E-state index contributed by atoms with van der Waals surface area (Å²) >= 11 is 0. The number of hydrogen-bond donors (Lipinski definition) is 0. The highest BCUT2D eigenvalue weighted by Gasteiger charge is 2.45. The van der Waals surface area contributed by atoms with Gasteiger partial charge in [0.25, 0.3) is 5.91 Å². The van der Waals surface area contributed by atoms with Crippen LogP contribution in [0.3, 0.4) is 0 Å². The molecular formula is C21H22N2O4. The Hall–Kier alpha value is -2.86.